The molecule has 6 aromatic rings. The molecule has 12 heteroatoms. The van der Waals surface area contributed by atoms with E-state index >= 15 is 0 Å². The van der Waals surface area contributed by atoms with Crippen LogP contribution in [0.25, 0.3) is 38.8 Å². The smallest absolute Gasteiger partial charge is 0.264 e. The number of rotatable bonds is 7. The van der Waals surface area contributed by atoms with E-state index in [-0.39, 0.29) is 16.5 Å². The van der Waals surface area contributed by atoms with Gasteiger partial charge in [-0.05, 0) is 60.2 Å². The number of morpholine rings is 1. The number of imidazole rings is 1. The SMILES string of the molecule is COc1ncc(-c2ccc3nc(N)n(-c4ccc(N5CCOCC5)cc4)c3c2)cc1NS(=O)(=O)c1cccc2cccnc12. The standard InChI is InChI=1S/C32H29N7O4S/c1-42-31-27(37-44(40,41)29-6-2-4-21-5-3-13-34-30(21)29)18-23(20-35-31)22-7-12-26-28(19-22)39(32(33)36-26)25-10-8-24(9-11-25)38-14-16-43-17-15-38/h2-13,18-20,37H,14-17H2,1H3,(H2,33,36). The van der Waals surface area contributed by atoms with Gasteiger partial charge < -0.3 is 20.1 Å². The number of fused-ring (bicyclic) bond motifs is 2. The molecule has 1 saturated heterocycles. The van der Waals surface area contributed by atoms with Crippen molar-refractivity contribution in [1.82, 2.24) is 19.5 Å². The summed E-state index contributed by atoms with van der Waals surface area (Å²) in [6, 6.07) is 24.3. The Morgan fingerprint density at radius 2 is 1.68 bits per heavy atom. The van der Waals surface area contributed by atoms with Crippen molar-refractivity contribution in [2.24, 2.45) is 0 Å². The monoisotopic (exact) mass is 607 g/mol. The maximum atomic E-state index is 13.6. The van der Waals surface area contributed by atoms with E-state index in [1.54, 1.807) is 30.6 Å². The molecule has 0 aliphatic carbocycles. The number of hydrogen-bond donors (Lipinski definition) is 2. The first-order chi connectivity index (χ1) is 21.4. The first kappa shape index (κ1) is 27.6. The number of ether oxygens (including phenoxy) is 2. The van der Waals surface area contributed by atoms with Crippen molar-refractivity contribution in [3.63, 3.8) is 0 Å². The molecule has 7 rings (SSSR count). The van der Waals surface area contributed by atoms with Crippen LogP contribution >= 0.6 is 0 Å². The van der Waals surface area contributed by atoms with Crippen LogP contribution in [-0.4, -0.2) is 61.3 Å². The number of anilines is 3. The fourth-order valence-corrected chi connectivity index (χ4v) is 6.75. The summed E-state index contributed by atoms with van der Waals surface area (Å²) >= 11 is 0. The Kier molecular flexibility index (Phi) is 6.99. The highest BCUT2D eigenvalue weighted by molar-refractivity contribution is 7.93. The Balaban J connectivity index is 1.24. The third-order valence-electron chi connectivity index (χ3n) is 7.67. The van der Waals surface area contributed by atoms with Crippen LogP contribution in [0.3, 0.4) is 0 Å². The summed E-state index contributed by atoms with van der Waals surface area (Å²) in [6.07, 6.45) is 3.20. The van der Waals surface area contributed by atoms with Crippen molar-refractivity contribution in [2.45, 2.75) is 4.90 Å². The quantitative estimate of drug-likeness (QED) is 0.261. The topological polar surface area (TPSA) is 137 Å². The molecular weight excluding hydrogens is 578 g/mol. The van der Waals surface area contributed by atoms with Gasteiger partial charge in [0.2, 0.25) is 11.8 Å². The van der Waals surface area contributed by atoms with Gasteiger partial charge in [0, 0.05) is 47.8 Å². The van der Waals surface area contributed by atoms with Crippen LogP contribution in [0.5, 0.6) is 5.88 Å². The zero-order valence-corrected chi connectivity index (χ0v) is 24.7. The molecule has 11 nitrogen and oxygen atoms in total. The normalized spacial score (nSPS) is 13.8. The molecule has 0 unspecified atom stereocenters. The van der Waals surface area contributed by atoms with Crippen molar-refractivity contribution in [3.8, 4) is 22.7 Å². The van der Waals surface area contributed by atoms with Gasteiger partial charge in [0.15, 0.2) is 0 Å². The van der Waals surface area contributed by atoms with E-state index in [2.05, 4.69) is 36.7 Å². The summed E-state index contributed by atoms with van der Waals surface area (Å²) in [5.41, 5.74) is 12.0. The minimum Gasteiger partial charge on any atom is -0.480 e. The number of nitrogen functional groups attached to an aromatic ring is 1. The number of hydrogen-bond acceptors (Lipinski definition) is 9. The highest BCUT2D eigenvalue weighted by Gasteiger charge is 2.22. The van der Waals surface area contributed by atoms with E-state index in [9.17, 15) is 8.42 Å². The van der Waals surface area contributed by atoms with Gasteiger partial charge >= 0.3 is 0 Å². The van der Waals surface area contributed by atoms with Crippen LogP contribution in [0.15, 0.2) is 96.2 Å². The zero-order chi connectivity index (χ0) is 30.3. The molecule has 3 N–H and O–H groups in total. The van der Waals surface area contributed by atoms with Crippen molar-refractivity contribution in [1.29, 1.82) is 0 Å². The maximum Gasteiger partial charge on any atom is 0.264 e. The fourth-order valence-electron chi connectivity index (χ4n) is 5.52. The molecule has 4 heterocycles. The number of sulfonamides is 1. The largest absolute Gasteiger partial charge is 0.480 e. The second-order valence-corrected chi connectivity index (χ2v) is 12.0. The molecule has 0 saturated carbocycles. The zero-order valence-electron chi connectivity index (χ0n) is 23.8. The average Bonchev–Trinajstić information content (AvgIpc) is 3.39. The lowest BCUT2D eigenvalue weighted by Gasteiger charge is -2.29. The number of aromatic nitrogens is 4. The number of methoxy groups -OCH3 is 1. The molecule has 222 valence electrons. The number of pyridine rings is 2. The molecule has 0 bridgehead atoms. The molecule has 0 atom stereocenters. The average molecular weight is 608 g/mol. The third-order valence-corrected chi connectivity index (χ3v) is 9.07. The summed E-state index contributed by atoms with van der Waals surface area (Å²) in [6.45, 7) is 3.14. The summed E-state index contributed by atoms with van der Waals surface area (Å²) < 4.78 is 42.6. The predicted molar refractivity (Wildman–Crippen MR) is 171 cm³/mol. The van der Waals surface area contributed by atoms with E-state index < -0.39 is 10.0 Å². The van der Waals surface area contributed by atoms with Gasteiger partial charge in [-0.3, -0.25) is 14.3 Å². The lowest BCUT2D eigenvalue weighted by atomic mass is 10.1. The Morgan fingerprint density at radius 1 is 0.909 bits per heavy atom. The van der Waals surface area contributed by atoms with Gasteiger partial charge in [-0.2, -0.15) is 0 Å². The number of nitrogens with one attached hydrogen (secondary N) is 1. The summed E-state index contributed by atoms with van der Waals surface area (Å²) in [4.78, 5) is 15.6. The Morgan fingerprint density at radius 3 is 2.48 bits per heavy atom. The van der Waals surface area contributed by atoms with Gasteiger partial charge in [-0.1, -0.05) is 24.3 Å². The minimum atomic E-state index is -4.03. The summed E-state index contributed by atoms with van der Waals surface area (Å²) in [5.74, 6) is 0.502. The molecule has 0 radical (unpaired) electrons. The lowest BCUT2D eigenvalue weighted by molar-refractivity contribution is 0.122. The van der Waals surface area contributed by atoms with Crippen LogP contribution < -0.4 is 20.1 Å². The van der Waals surface area contributed by atoms with Gasteiger partial charge in [-0.25, -0.2) is 18.4 Å². The highest BCUT2D eigenvalue weighted by atomic mass is 32.2. The molecule has 1 aliphatic rings. The molecule has 0 spiro atoms. The molecule has 0 amide bonds. The first-order valence-corrected chi connectivity index (χ1v) is 15.5. The number of para-hydroxylation sites is 1. The number of benzene rings is 3. The molecule has 1 fully saturated rings. The third kappa shape index (κ3) is 5.03. The molecule has 3 aromatic carbocycles. The minimum absolute atomic E-state index is 0.0588. The van der Waals surface area contributed by atoms with Crippen molar-refractivity contribution in [3.05, 3.63) is 91.3 Å². The number of nitrogens with two attached hydrogens (primary N) is 1. The van der Waals surface area contributed by atoms with Crippen LogP contribution in [0.4, 0.5) is 17.3 Å². The molecule has 44 heavy (non-hydrogen) atoms. The van der Waals surface area contributed by atoms with Crippen LogP contribution in [0, 0.1) is 0 Å². The Hall–Kier alpha value is -5.20. The van der Waals surface area contributed by atoms with Gasteiger partial charge in [-0.15, -0.1) is 0 Å². The second-order valence-electron chi connectivity index (χ2n) is 10.3. The van der Waals surface area contributed by atoms with E-state index in [1.165, 1.54) is 13.2 Å². The van der Waals surface area contributed by atoms with Crippen molar-refractivity contribution < 1.29 is 17.9 Å². The molecule has 1 aliphatic heterocycles. The van der Waals surface area contributed by atoms with Gasteiger partial charge in [0.1, 0.15) is 10.6 Å². The maximum absolute atomic E-state index is 13.6. The van der Waals surface area contributed by atoms with Crippen LogP contribution in [-0.2, 0) is 14.8 Å². The van der Waals surface area contributed by atoms with E-state index in [1.807, 2.05) is 47.0 Å². The van der Waals surface area contributed by atoms with Crippen LogP contribution in [0.2, 0.25) is 0 Å². The lowest BCUT2D eigenvalue weighted by Crippen LogP contribution is -2.36. The van der Waals surface area contributed by atoms with Gasteiger partial charge in [0.05, 0.1) is 36.9 Å². The first-order valence-electron chi connectivity index (χ1n) is 14.0. The van der Waals surface area contributed by atoms with Crippen molar-refractivity contribution in [2.75, 3.05) is 48.8 Å². The summed E-state index contributed by atoms with van der Waals surface area (Å²) in [7, 11) is -2.59. The predicted octanol–water partition coefficient (Wildman–Crippen LogP) is 4.86. The number of nitrogens with zero attached hydrogens (tertiary/aromatic N) is 5. The highest BCUT2D eigenvalue weighted by Crippen LogP contribution is 2.34. The Labute approximate surface area is 254 Å². The van der Waals surface area contributed by atoms with Gasteiger partial charge in [0.25, 0.3) is 10.0 Å². The molecule has 3 aromatic heterocycles. The van der Waals surface area contributed by atoms with E-state index in [0.717, 1.165) is 41.1 Å². The second kappa shape index (κ2) is 11.1. The van der Waals surface area contributed by atoms with Crippen LogP contribution in [0.1, 0.15) is 0 Å². The Bertz CT molecular complexity index is 2100. The summed E-state index contributed by atoms with van der Waals surface area (Å²) in [5, 5.41) is 0.717. The van der Waals surface area contributed by atoms with E-state index in [0.29, 0.717) is 35.6 Å². The molecular formula is C32H29N7O4S. The van der Waals surface area contributed by atoms with E-state index in [4.69, 9.17) is 15.2 Å². The van der Waals surface area contributed by atoms with Crippen molar-refractivity contribution >= 4 is 49.3 Å². The fraction of sp³-hybridized carbons (Fsp3) is 0.156.